The van der Waals surface area contributed by atoms with Crippen LogP contribution in [0.15, 0.2) is 54.6 Å². The minimum Gasteiger partial charge on any atom is -0.378 e. The summed E-state index contributed by atoms with van der Waals surface area (Å²) in [5.41, 5.74) is 3.54. The van der Waals surface area contributed by atoms with E-state index in [2.05, 4.69) is 58.3 Å². The number of para-hydroxylation sites is 1. The Morgan fingerprint density at radius 1 is 0.741 bits per heavy atom. The third-order valence-electron chi connectivity index (χ3n) is 5.42. The Morgan fingerprint density at radius 3 is 2.00 bits per heavy atom. The van der Waals surface area contributed by atoms with Gasteiger partial charge in [-0.1, -0.05) is 30.3 Å². The van der Waals surface area contributed by atoms with Crippen molar-refractivity contribution in [3.05, 3.63) is 60.2 Å². The van der Waals surface area contributed by atoms with E-state index in [9.17, 15) is 4.79 Å². The highest BCUT2D eigenvalue weighted by Gasteiger charge is 2.21. The molecule has 2 aliphatic rings. The Kier molecular flexibility index (Phi) is 5.58. The molecule has 0 unspecified atom stereocenters. The molecular weight excluding hydrogens is 338 g/mol. The Labute approximate surface area is 161 Å². The SMILES string of the molecule is O=C(Cc1ccc(N2CCOCC2)cc1)N1CCN(c2ccccc2)CC1. The largest absolute Gasteiger partial charge is 0.378 e. The normalized spacial score (nSPS) is 17.9. The molecule has 2 aromatic rings. The number of morpholine rings is 1. The second-order valence-corrected chi connectivity index (χ2v) is 7.15. The molecule has 0 N–H and O–H groups in total. The zero-order chi connectivity index (χ0) is 18.5. The number of carbonyl (C=O) groups excluding carboxylic acids is 1. The van der Waals surface area contributed by atoms with Crippen molar-refractivity contribution in [3.63, 3.8) is 0 Å². The van der Waals surface area contributed by atoms with Gasteiger partial charge in [0.25, 0.3) is 0 Å². The van der Waals surface area contributed by atoms with Crippen LogP contribution in [0.4, 0.5) is 11.4 Å². The van der Waals surface area contributed by atoms with Crippen LogP contribution in [0, 0.1) is 0 Å². The Hall–Kier alpha value is -2.53. The number of anilines is 2. The van der Waals surface area contributed by atoms with Crippen LogP contribution < -0.4 is 9.80 Å². The Balaban J connectivity index is 1.29. The molecule has 0 spiro atoms. The number of rotatable bonds is 4. The van der Waals surface area contributed by atoms with Crippen LogP contribution >= 0.6 is 0 Å². The van der Waals surface area contributed by atoms with E-state index in [1.807, 2.05) is 11.0 Å². The van der Waals surface area contributed by atoms with Crippen molar-refractivity contribution >= 4 is 17.3 Å². The molecule has 2 saturated heterocycles. The predicted molar refractivity (Wildman–Crippen MR) is 108 cm³/mol. The number of hydrogen-bond acceptors (Lipinski definition) is 4. The summed E-state index contributed by atoms with van der Waals surface area (Å²) in [6.45, 7) is 6.81. The summed E-state index contributed by atoms with van der Waals surface area (Å²) in [4.78, 5) is 19.4. The summed E-state index contributed by atoms with van der Waals surface area (Å²) in [6, 6.07) is 18.9. The van der Waals surface area contributed by atoms with Crippen molar-refractivity contribution in [2.75, 3.05) is 62.3 Å². The van der Waals surface area contributed by atoms with Gasteiger partial charge in [0, 0.05) is 50.6 Å². The van der Waals surface area contributed by atoms with E-state index in [-0.39, 0.29) is 5.91 Å². The molecule has 2 heterocycles. The molecule has 0 aliphatic carbocycles. The van der Waals surface area contributed by atoms with Crippen LogP contribution in [0.1, 0.15) is 5.56 Å². The van der Waals surface area contributed by atoms with Gasteiger partial charge in [0.05, 0.1) is 19.6 Å². The van der Waals surface area contributed by atoms with Crippen molar-refractivity contribution in [1.82, 2.24) is 4.90 Å². The first-order valence-electron chi connectivity index (χ1n) is 9.79. The fraction of sp³-hybridized carbons (Fsp3) is 0.409. The van der Waals surface area contributed by atoms with Gasteiger partial charge in [-0.25, -0.2) is 0 Å². The lowest BCUT2D eigenvalue weighted by Gasteiger charge is -2.36. The minimum atomic E-state index is 0.224. The average Bonchev–Trinajstić information content (AvgIpc) is 2.76. The molecule has 0 bridgehead atoms. The Morgan fingerprint density at radius 2 is 1.33 bits per heavy atom. The van der Waals surface area contributed by atoms with E-state index >= 15 is 0 Å². The van der Waals surface area contributed by atoms with Crippen LogP contribution in [0.25, 0.3) is 0 Å². The van der Waals surface area contributed by atoms with Crippen molar-refractivity contribution in [1.29, 1.82) is 0 Å². The van der Waals surface area contributed by atoms with Gasteiger partial charge in [-0.2, -0.15) is 0 Å². The van der Waals surface area contributed by atoms with Crippen molar-refractivity contribution in [2.24, 2.45) is 0 Å². The lowest BCUT2D eigenvalue weighted by Crippen LogP contribution is -2.49. The minimum absolute atomic E-state index is 0.224. The van der Waals surface area contributed by atoms with Gasteiger partial charge in [0.15, 0.2) is 0 Å². The smallest absolute Gasteiger partial charge is 0.227 e. The van der Waals surface area contributed by atoms with Crippen molar-refractivity contribution < 1.29 is 9.53 Å². The molecule has 0 radical (unpaired) electrons. The first-order chi connectivity index (χ1) is 13.3. The quantitative estimate of drug-likeness (QED) is 0.834. The van der Waals surface area contributed by atoms with Gasteiger partial charge in [-0.15, -0.1) is 0 Å². The zero-order valence-corrected chi connectivity index (χ0v) is 15.7. The molecule has 5 nitrogen and oxygen atoms in total. The summed E-state index contributed by atoms with van der Waals surface area (Å²) < 4.78 is 5.41. The van der Waals surface area contributed by atoms with E-state index < -0.39 is 0 Å². The zero-order valence-electron chi connectivity index (χ0n) is 15.7. The molecule has 2 aliphatic heterocycles. The van der Waals surface area contributed by atoms with Gasteiger partial charge >= 0.3 is 0 Å². The maximum atomic E-state index is 12.7. The van der Waals surface area contributed by atoms with Gasteiger partial charge in [-0.3, -0.25) is 4.79 Å². The standard InChI is InChI=1S/C22H27N3O2/c26-22(25-12-10-23(11-13-25)20-4-2-1-3-5-20)18-19-6-8-21(9-7-19)24-14-16-27-17-15-24/h1-9H,10-18H2. The van der Waals surface area contributed by atoms with E-state index in [1.165, 1.54) is 11.4 Å². The fourth-order valence-electron chi connectivity index (χ4n) is 3.79. The number of carbonyl (C=O) groups is 1. The van der Waals surface area contributed by atoms with Crippen LogP contribution in [0.5, 0.6) is 0 Å². The molecular formula is C22H27N3O2. The first kappa shape index (κ1) is 17.9. The van der Waals surface area contributed by atoms with E-state index in [0.29, 0.717) is 6.42 Å². The second-order valence-electron chi connectivity index (χ2n) is 7.15. The van der Waals surface area contributed by atoms with Crippen LogP contribution in [0.3, 0.4) is 0 Å². The molecule has 27 heavy (non-hydrogen) atoms. The third-order valence-corrected chi connectivity index (χ3v) is 5.42. The number of ether oxygens (including phenoxy) is 1. The second kappa shape index (κ2) is 8.44. The molecule has 1 amide bonds. The summed E-state index contributed by atoms with van der Waals surface area (Å²) >= 11 is 0. The van der Waals surface area contributed by atoms with Crippen LogP contribution in [-0.2, 0) is 16.0 Å². The summed E-state index contributed by atoms with van der Waals surface area (Å²) in [5, 5.41) is 0. The van der Waals surface area contributed by atoms with Crippen LogP contribution in [0.2, 0.25) is 0 Å². The lowest BCUT2D eigenvalue weighted by molar-refractivity contribution is -0.130. The third kappa shape index (κ3) is 4.42. The van der Waals surface area contributed by atoms with Crippen molar-refractivity contribution in [3.8, 4) is 0 Å². The number of hydrogen-bond donors (Lipinski definition) is 0. The lowest BCUT2D eigenvalue weighted by atomic mass is 10.1. The van der Waals surface area contributed by atoms with E-state index in [4.69, 9.17) is 4.74 Å². The summed E-state index contributed by atoms with van der Waals surface area (Å²) in [5.74, 6) is 0.224. The molecule has 5 heteroatoms. The van der Waals surface area contributed by atoms with E-state index in [0.717, 1.165) is 58.0 Å². The number of benzene rings is 2. The number of nitrogens with zero attached hydrogens (tertiary/aromatic N) is 3. The highest BCUT2D eigenvalue weighted by molar-refractivity contribution is 5.79. The molecule has 0 saturated carbocycles. The molecule has 2 fully saturated rings. The van der Waals surface area contributed by atoms with Gasteiger partial charge < -0.3 is 19.4 Å². The van der Waals surface area contributed by atoms with Gasteiger partial charge in [0.1, 0.15) is 0 Å². The predicted octanol–water partition coefficient (Wildman–Crippen LogP) is 2.41. The number of amides is 1. The maximum Gasteiger partial charge on any atom is 0.227 e. The first-order valence-corrected chi connectivity index (χ1v) is 9.79. The highest BCUT2D eigenvalue weighted by atomic mass is 16.5. The van der Waals surface area contributed by atoms with Crippen molar-refractivity contribution in [2.45, 2.75) is 6.42 Å². The monoisotopic (exact) mass is 365 g/mol. The average molecular weight is 365 g/mol. The maximum absolute atomic E-state index is 12.7. The van der Waals surface area contributed by atoms with Gasteiger partial charge in [-0.05, 0) is 29.8 Å². The molecule has 0 aromatic heterocycles. The molecule has 0 atom stereocenters. The molecule has 2 aromatic carbocycles. The fourth-order valence-corrected chi connectivity index (χ4v) is 3.79. The van der Waals surface area contributed by atoms with Gasteiger partial charge in [0.2, 0.25) is 5.91 Å². The topological polar surface area (TPSA) is 36.0 Å². The summed E-state index contributed by atoms with van der Waals surface area (Å²) in [6.07, 6.45) is 0.481. The Bertz CT molecular complexity index is 734. The number of piperazine rings is 1. The highest BCUT2D eigenvalue weighted by Crippen LogP contribution is 2.19. The van der Waals surface area contributed by atoms with Crippen LogP contribution in [-0.4, -0.2) is 63.3 Å². The molecule has 4 rings (SSSR count). The summed E-state index contributed by atoms with van der Waals surface area (Å²) in [7, 11) is 0. The molecule has 142 valence electrons. The van der Waals surface area contributed by atoms with E-state index in [1.54, 1.807) is 0 Å².